The van der Waals surface area contributed by atoms with Crippen molar-refractivity contribution in [3.63, 3.8) is 0 Å². The summed E-state index contributed by atoms with van der Waals surface area (Å²) in [4.78, 5) is 0. The van der Waals surface area contributed by atoms with Gasteiger partial charge in [0.15, 0.2) is 9.84 Å². The summed E-state index contributed by atoms with van der Waals surface area (Å²) in [6.07, 6.45) is 3.70. The van der Waals surface area contributed by atoms with Crippen LogP contribution in [0.15, 0.2) is 18.2 Å². The average molecular weight is 316 g/mol. The maximum Gasteiger partial charge on any atom is 0.157 e. The number of benzene rings is 1. The Morgan fingerprint density at radius 3 is 2.70 bits per heavy atom. The van der Waals surface area contributed by atoms with E-state index in [2.05, 4.69) is 6.92 Å². The second-order valence-corrected chi connectivity index (χ2v) is 8.52. The maximum absolute atomic E-state index is 12.5. The summed E-state index contributed by atoms with van der Waals surface area (Å²) in [5.74, 6) is 0.535. The van der Waals surface area contributed by atoms with Gasteiger partial charge < -0.3 is 5.73 Å². The van der Waals surface area contributed by atoms with Crippen molar-refractivity contribution in [1.82, 2.24) is 0 Å². The minimum Gasteiger partial charge on any atom is -0.326 e. The van der Waals surface area contributed by atoms with Crippen molar-refractivity contribution in [1.29, 1.82) is 0 Å². The Bertz CT molecular complexity index is 571. The molecule has 0 spiro atoms. The fourth-order valence-electron chi connectivity index (χ4n) is 2.87. The van der Waals surface area contributed by atoms with Crippen molar-refractivity contribution in [3.05, 3.63) is 34.3 Å². The third kappa shape index (κ3) is 3.74. The van der Waals surface area contributed by atoms with E-state index in [4.69, 9.17) is 17.3 Å². The Kier molecular flexibility index (Phi) is 5.10. The van der Waals surface area contributed by atoms with E-state index in [9.17, 15) is 8.42 Å². The molecule has 112 valence electrons. The molecule has 0 amide bonds. The Morgan fingerprint density at radius 1 is 1.35 bits per heavy atom. The van der Waals surface area contributed by atoms with Gasteiger partial charge in [-0.2, -0.15) is 0 Å². The van der Waals surface area contributed by atoms with Gasteiger partial charge in [-0.15, -0.1) is 0 Å². The first-order chi connectivity index (χ1) is 9.42. The van der Waals surface area contributed by atoms with E-state index in [-0.39, 0.29) is 11.0 Å². The molecule has 1 aromatic carbocycles. The maximum atomic E-state index is 12.5. The predicted octanol–water partition coefficient (Wildman–Crippen LogP) is 3.29. The highest BCUT2D eigenvalue weighted by Crippen LogP contribution is 2.31. The molecule has 1 fully saturated rings. The van der Waals surface area contributed by atoms with Gasteiger partial charge >= 0.3 is 0 Å². The molecule has 5 heteroatoms. The predicted molar refractivity (Wildman–Crippen MR) is 83.4 cm³/mol. The number of hydrogen-bond donors (Lipinski definition) is 1. The van der Waals surface area contributed by atoms with Crippen LogP contribution in [0.4, 0.5) is 0 Å². The van der Waals surface area contributed by atoms with Crippen molar-refractivity contribution in [3.8, 4) is 0 Å². The van der Waals surface area contributed by atoms with Crippen LogP contribution in [0.25, 0.3) is 0 Å². The minimum absolute atomic E-state index is 0.0358. The summed E-state index contributed by atoms with van der Waals surface area (Å²) < 4.78 is 25.0. The molecule has 1 aliphatic rings. The number of nitrogens with two attached hydrogens (primary N) is 1. The molecule has 1 aromatic rings. The van der Waals surface area contributed by atoms with Crippen LogP contribution in [0.1, 0.15) is 43.7 Å². The fraction of sp³-hybridized carbons (Fsp3) is 0.600. The first kappa shape index (κ1) is 15.8. The van der Waals surface area contributed by atoms with Gasteiger partial charge in [-0.05, 0) is 36.0 Å². The van der Waals surface area contributed by atoms with Gasteiger partial charge in [0.2, 0.25) is 0 Å². The van der Waals surface area contributed by atoms with E-state index in [0.29, 0.717) is 23.0 Å². The van der Waals surface area contributed by atoms with Crippen molar-refractivity contribution in [2.45, 2.75) is 50.2 Å². The molecule has 2 unspecified atom stereocenters. The monoisotopic (exact) mass is 315 g/mol. The number of rotatable bonds is 4. The molecule has 0 radical (unpaired) electrons. The zero-order valence-corrected chi connectivity index (χ0v) is 13.4. The molecule has 2 rings (SSSR count). The Balaban J connectivity index is 2.15. The highest BCUT2D eigenvalue weighted by atomic mass is 35.5. The van der Waals surface area contributed by atoms with Crippen molar-refractivity contribution < 1.29 is 8.42 Å². The molecule has 20 heavy (non-hydrogen) atoms. The van der Waals surface area contributed by atoms with E-state index in [1.165, 1.54) is 0 Å². The summed E-state index contributed by atoms with van der Waals surface area (Å²) in [7, 11) is -3.13. The molecule has 1 aliphatic carbocycles. The lowest BCUT2D eigenvalue weighted by atomic mass is 9.91. The number of halogens is 1. The van der Waals surface area contributed by atoms with Gasteiger partial charge in [-0.3, -0.25) is 0 Å². The zero-order valence-electron chi connectivity index (χ0n) is 11.8. The minimum atomic E-state index is -3.13. The van der Waals surface area contributed by atoms with Crippen molar-refractivity contribution >= 4 is 21.4 Å². The van der Waals surface area contributed by atoms with Crippen molar-refractivity contribution in [2.75, 3.05) is 0 Å². The van der Waals surface area contributed by atoms with Crippen LogP contribution >= 0.6 is 11.6 Å². The van der Waals surface area contributed by atoms with E-state index in [1.54, 1.807) is 12.1 Å². The van der Waals surface area contributed by atoms with Gasteiger partial charge in [0.25, 0.3) is 0 Å². The lowest BCUT2D eigenvalue weighted by molar-refractivity contribution is 0.382. The molecule has 0 saturated heterocycles. The van der Waals surface area contributed by atoms with Crippen LogP contribution < -0.4 is 5.73 Å². The first-order valence-electron chi connectivity index (χ1n) is 7.11. The second-order valence-electron chi connectivity index (χ2n) is 5.83. The number of sulfone groups is 1. The molecule has 0 aliphatic heterocycles. The van der Waals surface area contributed by atoms with Crippen LogP contribution in [0.5, 0.6) is 0 Å². The Labute approximate surface area is 126 Å². The van der Waals surface area contributed by atoms with Crippen LogP contribution in [0.2, 0.25) is 5.02 Å². The van der Waals surface area contributed by atoms with E-state index in [0.717, 1.165) is 31.2 Å². The molecule has 2 N–H and O–H groups in total. The standard InChI is InChI=1S/C15H22ClNO2S/c1-11-3-2-4-14(7-11)20(18,19)10-13-6-5-12(9-17)8-15(13)16/h5-6,8,11,14H,2-4,7,9-10,17H2,1H3. The molecule has 0 bridgehead atoms. The van der Waals surface area contributed by atoms with Crippen LogP contribution in [-0.4, -0.2) is 13.7 Å². The van der Waals surface area contributed by atoms with Crippen LogP contribution in [0, 0.1) is 5.92 Å². The highest BCUT2D eigenvalue weighted by Gasteiger charge is 2.30. The highest BCUT2D eigenvalue weighted by molar-refractivity contribution is 7.91. The fourth-order valence-corrected chi connectivity index (χ4v) is 5.29. The van der Waals surface area contributed by atoms with Gasteiger partial charge in [0, 0.05) is 11.6 Å². The first-order valence-corrected chi connectivity index (χ1v) is 9.20. The van der Waals surface area contributed by atoms with Gasteiger partial charge in [0.05, 0.1) is 11.0 Å². The summed E-state index contributed by atoms with van der Waals surface area (Å²) in [6, 6.07) is 5.39. The summed E-state index contributed by atoms with van der Waals surface area (Å²) in [5, 5.41) is 0.289. The lowest BCUT2D eigenvalue weighted by Crippen LogP contribution is -2.28. The van der Waals surface area contributed by atoms with Gasteiger partial charge in [-0.25, -0.2) is 8.42 Å². The molecular formula is C15H22ClNO2S. The normalized spacial score (nSPS) is 23.8. The smallest absolute Gasteiger partial charge is 0.157 e. The lowest BCUT2D eigenvalue weighted by Gasteiger charge is -2.26. The SMILES string of the molecule is CC1CCCC(S(=O)(=O)Cc2ccc(CN)cc2Cl)C1. The second kappa shape index (κ2) is 6.46. The largest absolute Gasteiger partial charge is 0.326 e. The summed E-state index contributed by atoms with van der Waals surface area (Å²) in [6.45, 7) is 2.54. The van der Waals surface area contributed by atoms with Gasteiger partial charge in [0.1, 0.15) is 0 Å². The Hall–Kier alpha value is -0.580. The van der Waals surface area contributed by atoms with E-state index < -0.39 is 9.84 Å². The van der Waals surface area contributed by atoms with E-state index >= 15 is 0 Å². The summed E-state index contributed by atoms with van der Waals surface area (Å²) in [5.41, 5.74) is 7.15. The topological polar surface area (TPSA) is 60.2 Å². The molecule has 3 nitrogen and oxygen atoms in total. The average Bonchev–Trinajstić information content (AvgIpc) is 2.41. The van der Waals surface area contributed by atoms with Crippen LogP contribution in [0.3, 0.4) is 0 Å². The Morgan fingerprint density at radius 2 is 2.10 bits per heavy atom. The molecule has 1 saturated carbocycles. The zero-order chi connectivity index (χ0) is 14.8. The third-order valence-corrected chi connectivity index (χ3v) is 6.62. The number of hydrogen-bond acceptors (Lipinski definition) is 3. The molecule has 2 atom stereocenters. The van der Waals surface area contributed by atoms with Crippen molar-refractivity contribution in [2.24, 2.45) is 11.7 Å². The summed E-state index contributed by atoms with van der Waals surface area (Å²) >= 11 is 6.16. The molecule has 0 aromatic heterocycles. The van der Waals surface area contributed by atoms with Crippen LogP contribution in [-0.2, 0) is 22.1 Å². The van der Waals surface area contributed by atoms with E-state index in [1.807, 2.05) is 6.07 Å². The molecule has 0 heterocycles. The van der Waals surface area contributed by atoms with Gasteiger partial charge in [-0.1, -0.05) is 43.5 Å². The third-order valence-electron chi connectivity index (χ3n) is 4.11. The quantitative estimate of drug-likeness (QED) is 0.927. The molecular weight excluding hydrogens is 294 g/mol.